The molecule has 0 radical (unpaired) electrons. The van der Waals surface area contributed by atoms with Gasteiger partial charge in [0, 0.05) is 11.8 Å². The van der Waals surface area contributed by atoms with Gasteiger partial charge >= 0.3 is 5.97 Å². The third kappa shape index (κ3) is 3.28. The molecule has 4 nitrogen and oxygen atoms in total. The molecule has 1 unspecified atom stereocenters. The predicted octanol–water partition coefficient (Wildman–Crippen LogP) is 1.60. The van der Waals surface area contributed by atoms with Gasteiger partial charge < -0.3 is 9.39 Å². The maximum absolute atomic E-state index is 11.3. The Morgan fingerprint density at radius 3 is 3.00 bits per heavy atom. The van der Waals surface area contributed by atoms with Gasteiger partial charge in [0.05, 0.1) is 4.47 Å². The van der Waals surface area contributed by atoms with Gasteiger partial charge in [0.2, 0.25) is 4.21 Å². The van der Waals surface area contributed by atoms with E-state index in [0.717, 1.165) is 4.47 Å². The molecule has 1 atom stereocenters. The summed E-state index contributed by atoms with van der Waals surface area (Å²) in [6, 6.07) is 1.77. The summed E-state index contributed by atoms with van der Waals surface area (Å²) < 4.78 is 12.7. The second-order valence-corrected chi connectivity index (χ2v) is 5.14. The minimum atomic E-state index is -1.51. The summed E-state index contributed by atoms with van der Waals surface area (Å²) in [7, 11) is 0. The van der Waals surface area contributed by atoms with E-state index in [1.54, 1.807) is 11.4 Å². The average Bonchev–Trinajstić information content (AvgIpc) is 2.47. The molecular formula is C6H6BrNO3S2. The van der Waals surface area contributed by atoms with Crippen molar-refractivity contribution in [3.05, 3.63) is 15.9 Å². The first kappa shape index (κ1) is 11.0. The molecule has 0 saturated heterocycles. The molecule has 1 heterocycles. The maximum Gasteiger partial charge on any atom is 0.327 e. The van der Waals surface area contributed by atoms with Crippen LogP contribution in [0.5, 0.6) is 0 Å². The van der Waals surface area contributed by atoms with Crippen LogP contribution >= 0.6 is 27.3 Å². The predicted molar refractivity (Wildman–Crippen MR) is 53.3 cm³/mol. The molecule has 13 heavy (non-hydrogen) atoms. The average molecular weight is 284 g/mol. The number of carbonyl (C=O) groups is 1. The minimum Gasteiger partial charge on any atom is -0.590 e. The maximum atomic E-state index is 11.3. The Labute approximate surface area is 90.7 Å². The zero-order valence-electron chi connectivity index (χ0n) is 6.57. The van der Waals surface area contributed by atoms with Crippen molar-refractivity contribution >= 4 is 44.6 Å². The van der Waals surface area contributed by atoms with E-state index >= 15 is 0 Å². The summed E-state index contributed by atoms with van der Waals surface area (Å²) in [5.74, 6) is -0.527. The van der Waals surface area contributed by atoms with Crippen LogP contribution in [0.2, 0.25) is 0 Å². The third-order valence-electron chi connectivity index (χ3n) is 1.01. The smallest absolute Gasteiger partial charge is 0.327 e. The molecule has 0 aliphatic rings. The van der Waals surface area contributed by atoms with Gasteiger partial charge in [0.25, 0.3) is 0 Å². The summed E-state index contributed by atoms with van der Waals surface area (Å²) >= 11 is 3.01. The van der Waals surface area contributed by atoms with Crippen molar-refractivity contribution in [1.29, 1.82) is 0 Å². The van der Waals surface area contributed by atoms with E-state index in [-0.39, 0.29) is 0 Å². The summed E-state index contributed by atoms with van der Waals surface area (Å²) in [4.78, 5) is 16.9. The van der Waals surface area contributed by atoms with Crippen LogP contribution in [-0.4, -0.2) is 10.5 Å². The molecule has 1 aromatic rings. The van der Waals surface area contributed by atoms with Crippen LogP contribution < -0.4 is 4.89 Å². The summed E-state index contributed by atoms with van der Waals surface area (Å²) in [5, 5.41) is 1.78. The Bertz CT molecular complexity index is 304. The van der Waals surface area contributed by atoms with Crippen LogP contribution in [0.3, 0.4) is 0 Å². The fraction of sp³-hybridized carbons (Fsp3) is 0.167. The standard InChI is InChI=1S/C6H6BrNO3S2/c1-4(9)11-8-13(10)6-5(7)2-3-12-6/h2-3,8H,1H3. The molecule has 7 heteroatoms. The van der Waals surface area contributed by atoms with Gasteiger partial charge in [-0.15, -0.1) is 0 Å². The lowest BCUT2D eigenvalue weighted by molar-refractivity contribution is -0.144. The summed E-state index contributed by atoms with van der Waals surface area (Å²) in [6.45, 7) is 1.23. The zero-order chi connectivity index (χ0) is 9.84. The molecule has 0 saturated carbocycles. The van der Waals surface area contributed by atoms with Gasteiger partial charge in [0.1, 0.15) is 11.4 Å². The van der Waals surface area contributed by atoms with E-state index in [4.69, 9.17) is 0 Å². The molecule has 72 valence electrons. The first-order chi connectivity index (χ1) is 6.11. The number of halogens is 1. The Morgan fingerprint density at radius 1 is 1.85 bits per heavy atom. The van der Waals surface area contributed by atoms with Gasteiger partial charge in [-0.05, 0) is 27.4 Å². The first-order valence-electron chi connectivity index (χ1n) is 3.19. The van der Waals surface area contributed by atoms with Gasteiger partial charge in [-0.3, -0.25) is 4.79 Å². The lowest BCUT2D eigenvalue weighted by Gasteiger charge is -2.06. The SMILES string of the molecule is CC(=O)ON[S+]([O-])c1sccc1Br. The van der Waals surface area contributed by atoms with Gasteiger partial charge in [-0.1, -0.05) is 11.3 Å². The molecule has 0 fully saturated rings. The van der Waals surface area contributed by atoms with E-state index < -0.39 is 17.3 Å². The number of thiophene rings is 1. The molecule has 0 amide bonds. The quantitative estimate of drug-likeness (QED) is 0.676. The van der Waals surface area contributed by atoms with Crippen LogP contribution in [0.4, 0.5) is 0 Å². The van der Waals surface area contributed by atoms with E-state index in [1.165, 1.54) is 18.3 Å². The number of hydrogen-bond acceptors (Lipinski definition) is 5. The molecule has 1 N–H and O–H groups in total. The fourth-order valence-electron chi connectivity index (χ4n) is 0.547. The topological polar surface area (TPSA) is 61.4 Å². The monoisotopic (exact) mass is 283 g/mol. The Kier molecular flexibility index (Phi) is 4.20. The van der Waals surface area contributed by atoms with Crippen molar-refractivity contribution in [1.82, 2.24) is 4.89 Å². The molecule has 0 spiro atoms. The molecular weight excluding hydrogens is 278 g/mol. The van der Waals surface area contributed by atoms with Gasteiger partial charge in [-0.2, -0.15) is 0 Å². The molecule has 1 rings (SSSR count). The molecule has 0 aliphatic carbocycles. The van der Waals surface area contributed by atoms with Crippen molar-refractivity contribution in [3.63, 3.8) is 0 Å². The van der Waals surface area contributed by atoms with Crippen molar-refractivity contribution in [3.8, 4) is 0 Å². The lowest BCUT2D eigenvalue weighted by Crippen LogP contribution is -2.25. The Hall–Kier alpha value is -0.0800. The Morgan fingerprint density at radius 2 is 2.54 bits per heavy atom. The molecule has 0 bridgehead atoms. The van der Waals surface area contributed by atoms with Crippen LogP contribution in [-0.2, 0) is 21.0 Å². The number of nitrogens with one attached hydrogen (secondary N) is 1. The third-order valence-corrected chi connectivity index (χ3v) is 4.44. The van der Waals surface area contributed by atoms with Crippen molar-refractivity contribution in [2.75, 3.05) is 0 Å². The number of rotatable bonds is 3. The van der Waals surface area contributed by atoms with Crippen LogP contribution in [0.1, 0.15) is 6.92 Å². The highest BCUT2D eigenvalue weighted by Gasteiger charge is 2.18. The van der Waals surface area contributed by atoms with E-state index in [9.17, 15) is 9.35 Å². The minimum absolute atomic E-state index is 0.527. The van der Waals surface area contributed by atoms with Crippen molar-refractivity contribution in [2.45, 2.75) is 11.1 Å². The highest BCUT2D eigenvalue weighted by Crippen LogP contribution is 2.27. The highest BCUT2D eigenvalue weighted by atomic mass is 79.9. The van der Waals surface area contributed by atoms with Crippen LogP contribution in [0, 0.1) is 0 Å². The summed E-state index contributed by atoms with van der Waals surface area (Å²) in [5.41, 5.74) is 0. The number of hydrogen-bond donors (Lipinski definition) is 1. The van der Waals surface area contributed by atoms with Gasteiger partial charge in [-0.25, -0.2) is 0 Å². The molecule has 1 aromatic heterocycles. The fourth-order valence-corrected chi connectivity index (χ4v) is 3.22. The largest absolute Gasteiger partial charge is 0.590 e. The number of carbonyl (C=O) groups excluding carboxylic acids is 1. The molecule has 0 aromatic carbocycles. The lowest BCUT2D eigenvalue weighted by atomic mass is 10.7. The second-order valence-electron chi connectivity index (χ2n) is 2.00. The van der Waals surface area contributed by atoms with Crippen LogP contribution in [0.15, 0.2) is 20.1 Å². The first-order valence-corrected chi connectivity index (χ1v) is 6.01. The zero-order valence-corrected chi connectivity index (χ0v) is 9.79. The second kappa shape index (κ2) is 4.97. The van der Waals surface area contributed by atoms with Crippen LogP contribution in [0.25, 0.3) is 0 Å². The van der Waals surface area contributed by atoms with Crippen molar-refractivity contribution < 1.29 is 14.2 Å². The summed E-state index contributed by atoms with van der Waals surface area (Å²) in [6.07, 6.45) is 0. The van der Waals surface area contributed by atoms with Crippen molar-refractivity contribution in [2.24, 2.45) is 0 Å². The normalized spacial score (nSPS) is 12.5. The van der Waals surface area contributed by atoms with E-state index in [2.05, 4.69) is 25.7 Å². The highest BCUT2D eigenvalue weighted by molar-refractivity contribution is 9.10. The van der Waals surface area contributed by atoms with E-state index in [0.29, 0.717) is 4.21 Å². The Balaban J connectivity index is 2.53. The molecule has 0 aliphatic heterocycles. The van der Waals surface area contributed by atoms with Gasteiger partial charge in [0.15, 0.2) is 0 Å². The van der Waals surface area contributed by atoms with E-state index in [1.807, 2.05) is 0 Å².